The van der Waals surface area contributed by atoms with Crippen molar-refractivity contribution in [1.82, 2.24) is 10.2 Å². The van der Waals surface area contributed by atoms with Crippen LogP contribution in [0.15, 0.2) is 24.3 Å². The number of nitrogens with one attached hydrogen (secondary N) is 1. The highest BCUT2D eigenvalue weighted by Gasteiger charge is 2.45. The van der Waals surface area contributed by atoms with Crippen LogP contribution in [0, 0.1) is 0 Å². The van der Waals surface area contributed by atoms with Crippen LogP contribution in [0.1, 0.15) is 30.4 Å². The first-order valence-electron chi connectivity index (χ1n) is 8.30. The average Bonchev–Trinajstić information content (AvgIpc) is 2.94. The summed E-state index contributed by atoms with van der Waals surface area (Å²) in [6, 6.07) is 3.53. The molecule has 2 aliphatic rings. The molecule has 0 aromatic heterocycles. The molecule has 1 atom stereocenters. The van der Waals surface area contributed by atoms with E-state index in [1.807, 2.05) is 0 Å². The Balaban J connectivity index is 0.00000261. The third kappa shape index (κ3) is 4.70. The molecule has 3 rings (SSSR count). The van der Waals surface area contributed by atoms with E-state index >= 15 is 0 Å². The molecule has 0 spiro atoms. The Morgan fingerprint density at radius 3 is 2.37 bits per heavy atom. The van der Waals surface area contributed by atoms with Crippen molar-refractivity contribution in [3.8, 4) is 0 Å². The fourth-order valence-corrected chi connectivity index (χ4v) is 3.48. The Morgan fingerprint density at radius 1 is 1.22 bits per heavy atom. The minimum absolute atomic E-state index is 0. The van der Waals surface area contributed by atoms with Crippen molar-refractivity contribution in [3.05, 3.63) is 35.4 Å². The highest BCUT2D eigenvalue weighted by Crippen LogP contribution is 2.37. The molecule has 1 amide bonds. The van der Waals surface area contributed by atoms with Crippen LogP contribution in [0.4, 0.5) is 22.0 Å². The lowest BCUT2D eigenvalue weighted by atomic mass is 9.83. The molecule has 2 fully saturated rings. The molecule has 0 unspecified atom stereocenters. The summed E-state index contributed by atoms with van der Waals surface area (Å²) in [5, 5.41) is 13.2. The van der Waals surface area contributed by atoms with Gasteiger partial charge in [0.1, 0.15) is 0 Å². The molecule has 2 N–H and O–H groups in total. The van der Waals surface area contributed by atoms with Crippen LogP contribution >= 0.6 is 12.4 Å². The smallest absolute Gasteiger partial charge is 0.385 e. The van der Waals surface area contributed by atoms with Crippen LogP contribution in [0.5, 0.6) is 0 Å². The van der Waals surface area contributed by atoms with Gasteiger partial charge in [0, 0.05) is 19.5 Å². The molecule has 1 aromatic carbocycles. The zero-order valence-corrected chi connectivity index (χ0v) is 15.0. The van der Waals surface area contributed by atoms with Gasteiger partial charge in [-0.2, -0.15) is 13.2 Å². The molecule has 0 radical (unpaired) electrons. The summed E-state index contributed by atoms with van der Waals surface area (Å²) in [5.41, 5.74) is -2.19. The molecular formula is C17H20ClF5N2O2. The van der Waals surface area contributed by atoms with Gasteiger partial charge in [0.25, 0.3) is 5.92 Å². The Bertz CT molecular complexity index is 690. The van der Waals surface area contributed by atoms with Gasteiger partial charge in [0.15, 0.2) is 0 Å². The maximum absolute atomic E-state index is 13.2. The molecule has 2 aliphatic heterocycles. The summed E-state index contributed by atoms with van der Waals surface area (Å²) in [6.45, 7) is -0.365. The summed E-state index contributed by atoms with van der Waals surface area (Å²) >= 11 is 0. The number of halogens is 6. The fraction of sp³-hybridized carbons (Fsp3) is 0.588. The van der Waals surface area contributed by atoms with Gasteiger partial charge in [-0.1, -0.05) is 12.1 Å². The van der Waals surface area contributed by atoms with Crippen molar-refractivity contribution in [2.24, 2.45) is 0 Å². The van der Waals surface area contributed by atoms with Gasteiger partial charge in [-0.05, 0) is 30.5 Å². The normalized spacial score (nSPS) is 24.4. The van der Waals surface area contributed by atoms with E-state index in [1.165, 1.54) is 17.0 Å². The van der Waals surface area contributed by atoms with Gasteiger partial charge in [-0.3, -0.25) is 10.1 Å². The lowest BCUT2D eigenvalue weighted by Gasteiger charge is -2.39. The van der Waals surface area contributed by atoms with Crippen molar-refractivity contribution >= 4 is 18.3 Å². The summed E-state index contributed by atoms with van der Waals surface area (Å²) < 4.78 is 65.1. The number of carbonyl (C=O) groups is 1. The van der Waals surface area contributed by atoms with Crippen LogP contribution in [-0.2, 0) is 16.6 Å². The third-order valence-electron chi connectivity index (χ3n) is 5.04. The summed E-state index contributed by atoms with van der Waals surface area (Å²) in [5.74, 6) is -3.39. The van der Waals surface area contributed by atoms with Crippen LogP contribution < -0.4 is 5.32 Å². The first kappa shape index (κ1) is 21.8. The summed E-state index contributed by atoms with van der Waals surface area (Å²) in [7, 11) is 0. The lowest BCUT2D eigenvalue weighted by Crippen LogP contribution is -2.50. The molecule has 0 aliphatic carbocycles. The Kier molecular flexibility index (Phi) is 6.08. The van der Waals surface area contributed by atoms with Crippen molar-refractivity contribution in [1.29, 1.82) is 0 Å². The number of aliphatic hydroxyl groups is 1. The van der Waals surface area contributed by atoms with Crippen molar-refractivity contribution in [2.75, 3.05) is 19.6 Å². The lowest BCUT2D eigenvalue weighted by molar-refractivity contribution is -0.138. The largest absolute Gasteiger partial charge is 0.416 e. The summed E-state index contributed by atoms with van der Waals surface area (Å²) in [6.07, 6.45) is -4.99. The predicted molar refractivity (Wildman–Crippen MR) is 89.8 cm³/mol. The van der Waals surface area contributed by atoms with E-state index in [0.717, 1.165) is 12.1 Å². The predicted octanol–water partition coefficient (Wildman–Crippen LogP) is 2.93. The van der Waals surface area contributed by atoms with E-state index < -0.39 is 48.2 Å². The fourth-order valence-electron chi connectivity index (χ4n) is 3.48. The second kappa shape index (κ2) is 7.52. The number of rotatable bonds is 2. The number of hydrogen-bond acceptors (Lipinski definition) is 3. The third-order valence-corrected chi connectivity index (χ3v) is 5.04. The van der Waals surface area contributed by atoms with E-state index in [0.29, 0.717) is 0 Å². The van der Waals surface area contributed by atoms with Crippen LogP contribution in [0.3, 0.4) is 0 Å². The Morgan fingerprint density at radius 2 is 1.85 bits per heavy atom. The van der Waals surface area contributed by atoms with Gasteiger partial charge >= 0.3 is 6.18 Å². The number of likely N-dealkylation sites (tertiary alicyclic amines) is 1. The number of benzene rings is 1. The van der Waals surface area contributed by atoms with Crippen LogP contribution in [0.2, 0.25) is 0 Å². The van der Waals surface area contributed by atoms with E-state index in [4.69, 9.17) is 0 Å². The van der Waals surface area contributed by atoms with E-state index in [1.54, 1.807) is 0 Å². The molecular weight excluding hydrogens is 395 g/mol. The number of amides is 1. The highest BCUT2D eigenvalue weighted by molar-refractivity contribution is 5.85. The van der Waals surface area contributed by atoms with E-state index in [9.17, 15) is 31.9 Å². The van der Waals surface area contributed by atoms with Crippen molar-refractivity contribution < 1.29 is 31.9 Å². The molecule has 0 saturated carbocycles. The SMILES string of the molecule is Cl.O=C([C@@H]1CC(F)(F)CN1)N1CCC(O)(c2cccc(C(F)(F)F)c2)CC1. The minimum atomic E-state index is -4.51. The summed E-state index contributed by atoms with van der Waals surface area (Å²) in [4.78, 5) is 13.7. The average molecular weight is 415 g/mol. The molecule has 1 aromatic rings. The van der Waals surface area contributed by atoms with Crippen LogP contribution in [0.25, 0.3) is 0 Å². The molecule has 0 bridgehead atoms. The molecule has 27 heavy (non-hydrogen) atoms. The quantitative estimate of drug-likeness (QED) is 0.732. The topological polar surface area (TPSA) is 52.6 Å². The Labute approximate surface area is 159 Å². The minimum Gasteiger partial charge on any atom is -0.385 e. The molecule has 10 heteroatoms. The van der Waals surface area contributed by atoms with Crippen molar-refractivity contribution in [2.45, 2.75) is 43.0 Å². The number of nitrogens with zero attached hydrogens (tertiary/aromatic N) is 1. The molecule has 4 nitrogen and oxygen atoms in total. The van der Waals surface area contributed by atoms with E-state index in [2.05, 4.69) is 5.32 Å². The molecule has 152 valence electrons. The van der Waals surface area contributed by atoms with E-state index in [-0.39, 0.29) is 43.9 Å². The maximum Gasteiger partial charge on any atom is 0.416 e. The number of hydrogen-bond donors (Lipinski definition) is 2. The van der Waals surface area contributed by atoms with Gasteiger partial charge in [0.05, 0.1) is 23.8 Å². The first-order chi connectivity index (χ1) is 12.0. The molecule has 2 heterocycles. The van der Waals surface area contributed by atoms with Gasteiger partial charge in [-0.25, -0.2) is 8.78 Å². The van der Waals surface area contributed by atoms with Crippen LogP contribution in [-0.4, -0.2) is 47.5 Å². The highest BCUT2D eigenvalue weighted by atomic mass is 35.5. The zero-order chi connectivity index (χ0) is 19.2. The number of piperidine rings is 1. The standard InChI is InChI=1S/C17H19F5N2O2.ClH/c18-16(19)9-13(23-10-16)14(25)24-6-4-15(26,5-7-24)11-2-1-3-12(8-11)17(20,21)22;/h1-3,8,13,23,26H,4-7,9-10H2;1H/t13-;/m0./s1. The molecule has 2 saturated heterocycles. The van der Waals surface area contributed by atoms with Gasteiger partial charge < -0.3 is 10.0 Å². The van der Waals surface area contributed by atoms with Gasteiger partial charge in [-0.15, -0.1) is 12.4 Å². The first-order valence-corrected chi connectivity index (χ1v) is 8.30. The zero-order valence-electron chi connectivity index (χ0n) is 14.2. The van der Waals surface area contributed by atoms with Crippen molar-refractivity contribution in [3.63, 3.8) is 0 Å². The number of alkyl halides is 5. The maximum atomic E-state index is 13.2. The monoisotopic (exact) mass is 414 g/mol. The second-order valence-corrected chi connectivity index (χ2v) is 6.93. The Hall–Kier alpha value is -1.45. The second-order valence-electron chi connectivity index (χ2n) is 6.93. The van der Waals surface area contributed by atoms with Gasteiger partial charge in [0.2, 0.25) is 5.91 Å². The number of carbonyl (C=O) groups excluding carboxylic acids is 1.